The van der Waals surface area contributed by atoms with Gasteiger partial charge in [-0.2, -0.15) is 0 Å². The first kappa shape index (κ1) is 16.4. The average Bonchev–Trinajstić information content (AvgIpc) is 2.56. The van der Waals surface area contributed by atoms with Crippen LogP contribution in [-0.4, -0.2) is 27.2 Å². The molecule has 0 aliphatic heterocycles. The largest absolute Gasteiger partial charge is 0.493 e. The van der Waals surface area contributed by atoms with Gasteiger partial charge in [0.2, 0.25) is 5.91 Å². The van der Waals surface area contributed by atoms with E-state index in [0.717, 1.165) is 15.7 Å². The summed E-state index contributed by atoms with van der Waals surface area (Å²) in [6.45, 7) is 0. The van der Waals surface area contributed by atoms with Crippen molar-refractivity contribution in [3.63, 3.8) is 0 Å². The smallest absolute Gasteiger partial charge is 0.231 e. The third kappa shape index (κ3) is 3.60. The Bertz CT molecular complexity index is 658. The Kier molecular flexibility index (Phi) is 5.44. The minimum Gasteiger partial charge on any atom is -0.493 e. The molecule has 0 aliphatic carbocycles. The number of likely N-dealkylation sites (N-methyl/N-ethyl adjacent to an activating group) is 1. The predicted molar refractivity (Wildman–Crippen MR) is 90.8 cm³/mol. The zero-order valence-corrected chi connectivity index (χ0v) is 14.4. The fraction of sp³-hybridized carbons (Fsp3) is 0.235. The minimum atomic E-state index is -0.000815. The Labute approximate surface area is 138 Å². The van der Waals surface area contributed by atoms with Crippen LogP contribution in [0.25, 0.3) is 0 Å². The molecule has 0 unspecified atom stereocenters. The molecule has 0 radical (unpaired) electrons. The van der Waals surface area contributed by atoms with Gasteiger partial charge in [-0.25, -0.2) is 0 Å². The van der Waals surface area contributed by atoms with Crippen molar-refractivity contribution in [2.45, 2.75) is 6.42 Å². The number of hydrogen-bond donors (Lipinski definition) is 0. The molecule has 1 amide bonds. The van der Waals surface area contributed by atoms with Crippen LogP contribution in [-0.2, 0) is 11.2 Å². The molecule has 5 heteroatoms. The van der Waals surface area contributed by atoms with E-state index in [9.17, 15) is 4.79 Å². The van der Waals surface area contributed by atoms with Crippen molar-refractivity contribution < 1.29 is 14.3 Å². The van der Waals surface area contributed by atoms with Crippen molar-refractivity contribution in [1.82, 2.24) is 0 Å². The first-order chi connectivity index (χ1) is 10.6. The Hall–Kier alpha value is -2.01. The zero-order chi connectivity index (χ0) is 16.1. The van der Waals surface area contributed by atoms with Crippen LogP contribution in [0.5, 0.6) is 11.5 Å². The molecular formula is C17H18BrNO3. The molecule has 0 heterocycles. The number of carbonyl (C=O) groups is 1. The number of amides is 1. The van der Waals surface area contributed by atoms with E-state index in [4.69, 9.17) is 9.47 Å². The van der Waals surface area contributed by atoms with Crippen molar-refractivity contribution in [2.24, 2.45) is 0 Å². The maximum atomic E-state index is 12.5. The Morgan fingerprint density at radius 3 is 2.27 bits per heavy atom. The Morgan fingerprint density at radius 1 is 1.09 bits per heavy atom. The van der Waals surface area contributed by atoms with Gasteiger partial charge in [-0.05, 0) is 29.8 Å². The van der Waals surface area contributed by atoms with Gasteiger partial charge in [-0.15, -0.1) is 0 Å². The van der Waals surface area contributed by atoms with Crippen LogP contribution < -0.4 is 14.4 Å². The number of benzene rings is 2. The molecule has 0 aromatic heterocycles. The van der Waals surface area contributed by atoms with E-state index in [1.165, 1.54) is 0 Å². The second kappa shape index (κ2) is 7.31. The van der Waals surface area contributed by atoms with Crippen LogP contribution in [0.4, 0.5) is 5.69 Å². The second-order valence-corrected chi connectivity index (χ2v) is 5.62. The molecular weight excluding hydrogens is 346 g/mol. The highest BCUT2D eigenvalue weighted by molar-refractivity contribution is 9.10. The maximum Gasteiger partial charge on any atom is 0.231 e. The molecule has 0 spiro atoms. The van der Waals surface area contributed by atoms with Crippen LogP contribution in [0.3, 0.4) is 0 Å². The molecule has 4 nitrogen and oxygen atoms in total. The average molecular weight is 364 g/mol. The monoisotopic (exact) mass is 363 g/mol. The molecule has 2 rings (SSSR count). The summed E-state index contributed by atoms with van der Waals surface area (Å²) in [6.07, 6.45) is 0.270. The van der Waals surface area contributed by atoms with Gasteiger partial charge in [0.1, 0.15) is 0 Å². The van der Waals surface area contributed by atoms with Crippen LogP contribution in [0.15, 0.2) is 46.9 Å². The molecule has 0 bridgehead atoms. The summed E-state index contributed by atoms with van der Waals surface area (Å²) >= 11 is 3.48. The van der Waals surface area contributed by atoms with Crippen LogP contribution in [0.2, 0.25) is 0 Å². The van der Waals surface area contributed by atoms with E-state index in [2.05, 4.69) is 15.9 Å². The molecule has 0 aliphatic rings. The van der Waals surface area contributed by atoms with Gasteiger partial charge in [0.25, 0.3) is 0 Å². The summed E-state index contributed by atoms with van der Waals surface area (Å²) in [7, 11) is 4.93. The lowest BCUT2D eigenvalue weighted by molar-refractivity contribution is -0.117. The number of halogens is 1. The molecule has 22 heavy (non-hydrogen) atoms. The summed E-state index contributed by atoms with van der Waals surface area (Å²) in [5, 5.41) is 0. The number of carbonyl (C=O) groups excluding carboxylic acids is 1. The number of ether oxygens (including phenoxy) is 2. The third-order valence-corrected chi connectivity index (χ3v) is 4.15. The Balaban J connectivity index is 2.21. The predicted octanol–water partition coefficient (Wildman–Crippen LogP) is 3.67. The highest BCUT2D eigenvalue weighted by Gasteiger charge is 2.16. The number of para-hydroxylation sites is 1. The number of anilines is 1. The normalized spacial score (nSPS) is 10.2. The zero-order valence-electron chi connectivity index (χ0n) is 12.8. The van der Waals surface area contributed by atoms with Gasteiger partial charge in [0.15, 0.2) is 11.5 Å². The third-order valence-electron chi connectivity index (χ3n) is 3.41. The van der Waals surface area contributed by atoms with E-state index in [1.54, 1.807) is 26.2 Å². The van der Waals surface area contributed by atoms with E-state index in [1.807, 2.05) is 42.5 Å². The topological polar surface area (TPSA) is 38.8 Å². The number of rotatable bonds is 5. The first-order valence-corrected chi connectivity index (χ1v) is 7.58. The second-order valence-electron chi connectivity index (χ2n) is 4.76. The fourth-order valence-corrected chi connectivity index (χ4v) is 2.57. The van der Waals surface area contributed by atoms with Gasteiger partial charge >= 0.3 is 0 Å². The van der Waals surface area contributed by atoms with Crippen molar-refractivity contribution in [3.05, 3.63) is 52.5 Å². The van der Waals surface area contributed by atoms with Crippen LogP contribution in [0, 0.1) is 0 Å². The Morgan fingerprint density at radius 2 is 1.68 bits per heavy atom. The van der Waals surface area contributed by atoms with Crippen LogP contribution >= 0.6 is 15.9 Å². The molecule has 116 valence electrons. The maximum absolute atomic E-state index is 12.5. The molecule has 2 aromatic rings. The van der Waals surface area contributed by atoms with Crippen molar-refractivity contribution in [1.29, 1.82) is 0 Å². The van der Waals surface area contributed by atoms with Crippen molar-refractivity contribution in [3.8, 4) is 11.5 Å². The molecule has 0 N–H and O–H groups in total. The van der Waals surface area contributed by atoms with Crippen LogP contribution in [0.1, 0.15) is 5.56 Å². The number of nitrogens with zero attached hydrogens (tertiary/aromatic N) is 1. The molecule has 0 saturated carbocycles. The lowest BCUT2D eigenvalue weighted by Crippen LogP contribution is -2.27. The van der Waals surface area contributed by atoms with Gasteiger partial charge < -0.3 is 14.4 Å². The summed E-state index contributed by atoms with van der Waals surface area (Å²) in [4.78, 5) is 14.1. The van der Waals surface area contributed by atoms with E-state index < -0.39 is 0 Å². The standard InChI is InChI=1S/C17H18BrNO3/c1-19(13-7-5-4-6-8-13)17(20)10-12-9-15(21-2)16(22-3)11-14(12)18/h4-9,11H,10H2,1-3H3. The molecule has 0 fully saturated rings. The summed E-state index contributed by atoms with van der Waals surface area (Å²) in [5.74, 6) is 1.23. The van der Waals surface area contributed by atoms with E-state index in [-0.39, 0.29) is 12.3 Å². The molecule has 0 saturated heterocycles. The lowest BCUT2D eigenvalue weighted by Gasteiger charge is -2.18. The highest BCUT2D eigenvalue weighted by atomic mass is 79.9. The van der Waals surface area contributed by atoms with Gasteiger partial charge in [0, 0.05) is 17.2 Å². The highest BCUT2D eigenvalue weighted by Crippen LogP contribution is 2.33. The SMILES string of the molecule is COc1cc(Br)c(CC(=O)N(C)c2ccccc2)cc1OC. The fourth-order valence-electron chi connectivity index (χ4n) is 2.11. The van der Waals surface area contributed by atoms with Gasteiger partial charge in [-0.1, -0.05) is 34.1 Å². The number of hydrogen-bond acceptors (Lipinski definition) is 3. The van der Waals surface area contributed by atoms with Gasteiger partial charge in [0.05, 0.1) is 20.6 Å². The van der Waals surface area contributed by atoms with Crippen molar-refractivity contribution in [2.75, 3.05) is 26.2 Å². The molecule has 2 aromatic carbocycles. The van der Waals surface area contributed by atoms with Crippen molar-refractivity contribution >= 4 is 27.5 Å². The molecule has 0 atom stereocenters. The van der Waals surface area contributed by atoms with E-state index >= 15 is 0 Å². The van der Waals surface area contributed by atoms with Gasteiger partial charge in [-0.3, -0.25) is 4.79 Å². The first-order valence-electron chi connectivity index (χ1n) is 6.78. The lowest BCUT2D eigenvalue weighted by atomic mass is 10.1. The quantitative estimate of drug-likeness (QED) is 0.813. The summed E-state index contributed by atoms with van der Waals surface area (Å²) < 4.78 is 11.4. The number of methoxy groups -OCH3 is 2. The van der Waals surface area contributed by atoms with E-state index in [0.29, 0.717) is 11.5 Å². The minimum absolute atomic E-state index is 0.000815. The summed E-state index contributed by atoms with van der Waals surface area (Å²) in [6, 6.07) is 13.2. The summed E-state index contributed by atoms with van der Waals surface area (Å²) in [5.41, 5.74) is 1.72.